The van der Waals surface area contributed by atoms with Crippen LogP contribution in [0.1, 0.15) is 38.8 Å². The quantitative estimate of drug-likeness (QED) is 0.816. The van der Waals surface area contributed by atoms with Crippen LogP contribution in [0.2, 0.25) is 0 Å². The van der Waals surface area contributed by atoms with Crippen LogP contribution in [-0.4, -0.2) is 5.01 Å². The number of benzene rings is 1. The highest BCUT2D eigenvalue weighted by Gasteiger charge is 2.19. The van der Waals surface area contributed by atoms with E-state index in [0.717, 1.165) is 17.1 Å². The molecule has 0 saturated carbocycles. The Labute approximate surface area is 120 Å². The number of nitrogens with one attached hydrogen (secondary N) is 2. The third-order valence-electron chi connectivity index (χ3n) is 3.64. The van der Waals surface area contributed by atoms with Gasteiger partial charge in [-0.05, 0) is 29.5 Å². The summed E-state index contributed by atoms with van der Waals surface area (Å²) in [4.78, 5) is 0. The van der Waals surface area contributed by atoms with Crippen LogP contribution in [0.4, 0.5) is 0 Å². The highest BCUT2D eigenvalue weighted by Crippen LogP contribution is 2.26. The Bertz CT molecular complexity index is 613. The van der Waals surface area contributed by atoms with Gasteiger partial charge in [0.05, 0.1) is 17.6 Å². The summed E-state index contributed by atoms with van der Waals surface area (Å²) >= 11 is 0. The van der Waals surface area contributed by atoms with Gasteiger partial charge in [-0.3, -0.25) is 10.4 Å². The first-order valence-electron chi connectivity index (χ1n) is 6.97. The highest BCUT2D eigenvalue weighted by atomic mass is 15.5. The topological polar surface area (TPSA) is 27.3 Å². The second kappa shape index (κ2) is 4.44. The zero-order chi connectivity index (χ0) is 14.3. The van der Waals surface area contributed by atoms with E-state index in [1.165, 1.54) is 11.1 Å². The standard InChI is InChI=1S/C17H21N3/c1-12-9-15-10-18-16(11-20(15)19-12)13-5-7-14(8-6-13)17(2,3)4/h5-11,18-19H,1-4H3. The Morgan fingerprint density at radius 2 is 1.75 bits per heavy atom. The molecule has 0 aliphatic carbocycles. The molecule has 0 fully saturated rings. The number of hydrogen-bond acceptors (Lipinski definition) is 3. The Balaban J connectivity index is 1.83. The van der Waals surface area contributed by atoms with Gasteiger partial charge in [-0.25, -0.2) is 0 Å². The fourth-order valence-corrected chi connectivity index (χ4v) is 2.42. The molecule has 0 amide bonds. The SMILES string of the molecule is CC1=CC2=CNC(c3ccc(C(C)(C)C)cc3)=CN2N1. The summed E-state index contributed by atoms with van der Waals surface area (Å²) in [7, 11) is 0. The largest absolute Gasteiger partial charge is 0.358 e. The van der Waals surface area contributed by atoms with Crippen molar-refractivity contribution in [2.45, 2.75) is 33.1 Å². The van der Waals surface area contributed by atoms with Crippen molar-refractivity contribution < 1.29 is 0 Å². The summed E-state index contributed by atoms with van der Waals surface area (Å²) < 4.78 is 0. The van der Waals surface area contributed by atoms with E-state index in [2.05, 4.69) is 75.0 Å². The monoisotopic (exact) mass is 267 g/mol. The average Bonchev–Trinajstić information content (AvgIpc) is 2.77. The van der Waals surface area contributed by atoms with Crippen molar-refractivity contribution in [2.75, 3.05) is 0 Å². The van der Waals surface area contributed by atoms with Gasteiger partial charge in [0.1, 0.15) is 0 Å². The molecule has 0 aromatic heterocycles. The molecule has 0 bridgehead atoms. The molecule has 3 rings (SSSR count). The summed E-state index contributed by atoms with van der Waals surface area (Å²) in [5, 5.41) is 5.40. The highest BCUT2D eigenvalue weighted by molar-refractivity contribution is 5.66. The molecule has 2 aliphatic heterocycles. The molecule has 104 valence electrons. The Hall–Kier alpha value is -2.16. The molecule has 1 aromatic carbocycles. The second-order valence-corrected chi connectivity index (χ2v) is 6.39. The van der Waals surface area contributed by atoms with Crippen LogP contribution in [0, 0.1) is 0 Å². The van der Waals surface area contributed by atoms with Crippen LogP contribution in [0.25, 0.3) is 5.70 Å². The zero-order valence-corrected chi connectivity index (χ0v) is 12.5. The van der Waals surface area contributed by atoms with E-state index >= 15 is 0 Å². The second-order valence-electron chi connectivity index (χ2n) is 6.39. The summed E-state index contributed by atoms with van der Waals surface area (Å²) in [6, 6.07) is 8.76. The molecule has 0 unspecified atom stereocenters. The van der Waals surface area contributed by atoms with Gasteiger partial charge in [0, 0.05) is 11.9 Å². The molecule has 20 heavy (non-hydrogen) atoms. The minimum absolute atomic E-state index is 0.192. The van der Waals surface area contributed by atoms with Crippen LogP contribution >= 0.6 is 0 Å². The minimum atomic E-state index is 0.192. The summed E-state index contributed by atoms with van der Waals surface area (Å²) in [5.74, 6) is 0. The van der Waals surface area contributed by atoms with E-state index in [0.29, 0.717) is 0 Å². The van der Waals surface area contributed by atoms with Crippen molar-refractivity contribution in [3.8, 4) is 0 Å². The first-order valence-corrected chi connectivity index (χ1v) is 6.97. The summed E-state index contributed by atoms with van der Waals surface area (Å²) in [6.45, 7) is 8.76. The predicted octanol–water partition coefficient (Wildman–Crippen LogP) is 3.45. The Morgan fingerprint density at radius 3 is 2.40 bits per heavy atom. The van der Waals surface area contributed by atoms with Crippen LogP contribution in [0.3, 0.4) is 0 Å². The van der Waals surface area contributed by atoms with Crippen molar-refractivity contribution >= 4 is 5.70 Å². The maximum atomic E-state index is 3.36. The number of hydrazine groups is 1. The lowest BCUT2D eigenvalue weighted by molar-refractivity contribution is 0.411. The van der Waals surface area contributed by atoms with Gasteiger partial charge in [-0.15, -0.1) is 0 Å². The number of hydrogen-bond donors (Lipinski definition) is 2. The van der Waals surface area contributed by atoms with Gasteiger partial charge in [0.15, 0.2) is 0 Å². The Kier molecular flexibility index (Phi) is 2.85. The van der Waals surface area contributed by atoms with E-state index in [9.17, 15) is 0 Å². The van der Waals surface area contributed by atoms with Crippen molar-refractivity contribution in [2.24, 2.45) is 0 Å². The fourth-order valence-electron chi connectivity index (χ4n) is 2.42. The van der Waals surface area contributed by atoms with Gasteiger partial charge >= 0.3 is 0 Å². The fraction of sp³-hybridized carbons (Fsp3) is 0.294. The number of rotatable bonds is 1. The van der Waals surface area contributed by atoms with Crippen molar-refractivity contribution in [1.82, 2.24) is 15.8 Å². The van der Waals surface area contributed by atoms with Crippen molar-refractivity contribution in [1.29, 1.82) is 0 Å². The lowest BCUT2D eigenvalue weighted by Crippen LogP contribution is -2.30. The first kappa shape index (κ1) is 12.9. The molecule has 0 atom stereocenters. The molecule has 0 radical (unpaired) electrons. The zero-order valence-electron chi connectivity index (χ0n) is 12.5. The van der Waals surface area contributed by atoms with Gasteiger partial charge in [-0.2, -0.15) is 0 Å². The normalized spacial score (nSPS) is 17.6. The van der Waals surface area contributed by atoms with E-state index in [-0.39, 0.29) is 5.41 Å². The maximum Gasteiger partial charge on any atom is 0.0801 e. The minimum Gasteiger partial charge on any atom is -0.358 e. The van der Waals surface area contributed by atoms with E-state index < -0.39 is 0 Å². The third kappa shape index (κ3) is 2.31. The molecule has 0 spiro atoms. The summed E-state index contributed by atoms with van der Waals surface area (Å²) in [6.07, 6.45) is 6.23. The molecule has 1 aromatic rings. The molecule has 2 heterocycles. The predicted molar refractivity (Wildman–Crippen MR) is 83.1 cm³/mol. The lowest BCUT2D eigenvalue weighted by atomic mass is 9.86. The van der Waals surface area contributed by atoms with Gasteiger partial charge < -0.3 is 5.32 Å². The van der Waals surface area contributed by atoms with E-state index in [4.69, 9.17) is 0 Å². The number of allylic oxidation sites excluding steroid dienone is 2. The van der Waals surface area contributed by atoms with Crippen LogP contribution in [-0.2, 0) is 5.41 Å². The van der Waals surface area contributed by atoms with E-state index in [1.54, 1.807) is 0 Å². The molecule has 0 saturated heterocycles. The third-order valence-corrected chi connectivity index (χ3v) is 3.64. The average molecular weight is 267 g/mol. The molecule has 2 N–H and O–H groups in total. The molecular formula is C17H21N3. The van der Waals surface area contributed by atoms with Gasteiger partial charge in [-0.1, -0.05) is 45.0 Å². The number of fused-ring (bicyclic) bond motifs is 1. The van der Waals surface area contributed by atoms with E-state index in [1.807, 2.05) is 11.2 Å². The molecule has 3 heteroatoms. The van der Waals surface area contributed by atoms with Crippen molar-refractivity contribution in [3.05, 3.63) is 65.3 Å². The molecule has 3 nitrogen and oxygen atoms in total. The lowest BCUT2D eigenvalue weighted by Gasteiger charge is -2.24. The van der Waals surface area contributed by atoms with Gasteiger partial charge in [0.25, 0.3) is 0 Å². The van der Waals surface area contributed by atoms with Crippen LogP contribution in [0.15, 0.2) is 54.1 Å². The van der Waals surface area contributed by atoms with Crippen LogP contribution in [0.5, 0.6) is 0 Å². The Morgan fingerprint density at radius 1 is 1.05 bits per heavy atom. The van der Waals surface area contributed by atoms with Crippen molar-refractivity contribution in [3.63, 3.8) is 0 Å². The number of nitrogens with zero attached hydrogens (tertiary/aromatic N) is 1. The molecule has 2 aliphatic rings. The maximum absolute atomic E-state index is 3.36. The smallest absolute Gasteiger partial charge is 0.0801 e. The molecular weight excluding hydrogens is 246 g/mol. The first-order chi connectivity index (χ1) is 9.43. The summed E-state index contributed by atoms with van der Waals surface area (Å²) in [5.41, 5.74) is 9.43. The van der Waals surface area contributed by atoms with Gasteiger partial charge in [0.2, 0.25) is 0 Å². The van der Waals surface area contributed by atoms with Crippen LogP contribution < -0.4 is 10.7 Å².